The second kappa shape index (κ2) is 16.1. The fraction of sp³-hybridized carbons (Fsp3) is 0.864. The Bertz CT molecular complexity index is 335. The Balaban J connectivity index is 0. The molecule has 25 heavy (non-hydrogen) atoms. The molecular weight excluding hydrogens is 374 g/mol. The molecule has 0 aliphatic rings. The molecular formula is C22H44BrNO. The third-order valence-corrected chi connectivity index (χ3v) is 5.32. The van der Waals surface area contributed by atoms with Crippen molar-refractivity contribution < 1.29 is 4.79 Å². The summed E-state index contributed by atoms with van der Waals surface area (Å²) in [4.78, 5) is 12.1. The molecule has 0 amide bonds. The summed E-state index contributed by atoms with van der Waals surface area (Å²) < 4.78 is 0. The van der Waals surface area contributed by atoms with Crippen molar-refractivity contribution in [3.8, 4) is 0 Å². The number of allylic oxidation sites excluding steroid dienone is 1. The van der Waals surface area contributed by atoms with Gasteiger partial charge in [0, 0.05) is 11.5 Å². The van der Waals surface area contributed by atoms with Crippen LogP contribution in [0.1, 0.15) is 105 Å². The van der Waals surface area contributed by atoms with Crippen molar-refractivity contribution >= 4 is 22.8 Å². The number of nitrogens with two attached hydrogens (primary N) is 1. The van der Waals surface area contributed by atoms with Gasteiger partial charge in [-0.2, -0.15) is 0 Å². The third-order valence-electron chi connectivity index (χ3n) is 5.32. The smallest absolute Gasteiger partial charge is 0.158 e. The van der Waals surface area contributed by atoms with Crippen LogP contribution < -0.4 is 5.73 Å². The predicted octanol–water partition coefficient (Wildman–Crippen LogP) is 7.01. The zero-order valence-electron chi connectivity index (χ0n) is 17.3. The lowest BCUT2D eigenvalue weighted by molar-refractivity contribution is -0.120. The molecule has 0 heterocycles. The molecule has 0 aromatic rings. The summed E-state index contributed by atoms with van der Waals surface area (Å²) >= 11 is 0. The van der Waals surface area contributed by atoms with Crippen molar-refractivity contribution in [1.82, 2.24) is 0 Å². The zero-order chi connectivity index (χ0) is 18.4. The van der Waals surface area contributed by atoms with E-state index < -0.39 is 0 Å². The molecule has 0 bridgehead atoms. The van der Waals surface area contributed by atoms with Gasteiger partial charge in [-0.3, -0.25) is 4.79 Å². The van der Waals surface area contributed by atoms with Crippen LogP contribution in [-0.2, 0) is 4.79 Å². The summed E-state index contributed by atoms with van der Waals surface area (Å²) in [6.45, 7) is 12.1. The Morgan fingerprint density at radius 1 is 0.960 bits per heavy atom. The van der Waals surface area contributed by atoms with Gasteiger partial charge in [0.25, 0.3) is 0 Å². The van der Waals surface area contributed by atoms with Gasteiger partial charge < -0.3 is 5.73 Å². The minimum atomic E-state index is -0.307. The highest BCUT2D eigenvalue weighted by molar-refractivity contribution is 8.93. The molecule has 0 aromatic heterocycles. The first-order valence-corrected chi connectivity index (χ1v) is 10.3. The van der Waals surface area contributed by atoms with E-state index in [0.29, 0.717) is 0 Å². The minimum Gasteiger partial charge on any atom is -0.325 e. The van der Waals surface area contributed by atoms with E-state index in [2.05, 4.69) is 34.3 Å². The molecule has 0 rings (SSSR count). The first kappa shape index (κ1) is 27.1. The number of halogens is 1. The largest absolute Gasteiger partial charge is 0.325 e. The fourth-order valence-electron chi connectivity index (χ4n) is 3.78. The highest BCUT2D eigenvalue weighted by Crippen LogP contribution is 2.31. The molecule has 0 aliphatic carbocycles. The summed E-state index contributed by atoms with van der Waals surface area (Å²) in [6, 6.07) is 0. The minimum absolute atomic E-state index is 0. The molecule has 2 atom stereocenters. The maximum Gasteiger partial charge on any atom is 0.158 e. The Labute approximate surface area is 168 Å². The first-order chi connectivity index (χ1) is 11.4. The number of hydrogen-bond donors (Lipinski definition) is 1. The Kier molecular flexibility index (Phi) is 17.4. The Morgan fingerprint density at radius 3 is 1.76 bits per heavy atom. The molecule has 0 aliphatic heterocycles. The van der Waals surface area contributed by atoms with Crippen molar-refractivity contribution in [1.29, 1.82) is 0 Å². The van der Waals surface area contributed by atoms with Crippen molar-refractivity contribution in [2.75, 3.05) is 0 Å². The lowest BCUT2D eigenvalue weighted by Crippen LogP contribution is -2.46. The number of unbranched alkanes of at least 4 members (excludes halogenated alkanes) is 9. The van der Waals surface area contributed by atoms with Gasteiger partial charge in [-0.1, -0.05) is 84.6 Å². The van der Waals surface area contributed by atoms with E-state index in [9.17, 15) is 4.79 Å². The molecule has 2 unspecified atom stereocenters. The number of rotatable bonds is 16. The van der Waals surface area contributed by atoms with E-state index in [1.54, 1.807) is 0 Å². The van der Waals surface area contributed by atoms with E-state index in [1.807, 2.05) is 0 Å². The average Bonchev–Trinajstić information content (AvgIpc) is 2.54. The quantitative estimate of drug-likeness (QED) is 0.216. The van der Waals surface area contributed by atoms with Crippen LogP contribution >= 0.6 is 17.0 Å². The fourth-order valence-corrected chi connectivity index (χ4v) is 3.78. The zero-order valence-corrected chi connectivity index (χ0v) is 19.0. The van der Waals surface area contributed by atoms with Crippen LogP contribution in [0.2, 0.25) is 0 Å². The summed E-state index contributed by atoms with van der Waals surface area (Å²) in [6.07, 6.45) is 16.8. The molecule has 2 nitrogen and oxygen atoms in total. The maximum absolute atomic E-state index is 12.1. The molecule has 150 valence electrons. The Morgan fingerprint density at radius 2 is 1.40 bits per heavy atom. The van der Waals surface area contributed by atoms with Gasteiger partial charge in [0.2, 0.25) is 0 Å². The molecule has 2 N–H and O–H groups in total. The Hall–Kier alpha value is -0.150. The highest BCUT2D eigenvalue weighted by atomic mass is 79.9. The summed E-state index contributed by atoms with van der Waals surface area (Å²) in [7, 11) is 0. The molecule has 0 spiro atoms. The van der Waals surface area contributed by atoms with Gasteiger partial charge in [-0.25, -0.2) is 0 Å². The van der Waals surface area contributed by atoms with Gasteiger partial charge in [-0.15, -0.1) is 17.0 Å². The predicted molar refractivity (Wildman–Crippen MR) is 118 cm³/mol. The molecule has 0 fully saturated rings. The maximum atomic E-state index is 12.1. The second-order valence-corrected chi connectivity index (χ2v) is 8.02. The topological polar surface area (TPSA) is 43.1 Å². The molecule has 0 saturated carbocycles. The second-order valence-electron chi connectivity index (χ2n) is 8.02. The van der Waals surface area contributed by atoms with Gasteiger partial charge in [-0.05, 0) is 38.7 Å². The van der Waals surface area contributed by atoms with Crippen molar-refractivity contribution in [2.45, 2.75) is 110 Å². The number of hydrogen-bond acceptors (Lipinski definition) is 2. The monoisotopic (exact) mass is 417 g/mol. The summed E-state index contributed by atoms with van der Waals surface area (Å²) in [5.41, 5.74) is 6.08. The number of carbonyl (C=O) groups is 1. The van der Waals surface area contributed by atoms with Crippen LogP contribution in [0.5, 0.6) is 0 Å². The van der Waals surface area contributed by atoms with E-state index >= 15 is 0 Å². The normalized spacial score (nSPS) is 13.8. The van der Waals surface area contributed by atoms with Crippen LogP contribution in [0.25, 0.3) is 0 Å². The summed E-state index contributed by atoms with van der Waals surface area (Å²) in [5, 5.41) is 0. The van der Waals surface area contributed by atoms with E-state index in [0.717, 1.165) is 12.8 Å². The average molecular weight is 419 g/mol. The number of ketones is 1. The van der Waals surface area contributed by atoms with Crippen molar-refractivity contribution in [2.24, 2.45) is 17.6 Å². The van der Waals surface area contributed by atoms with Crippen LogP contribution in [0.15, 0.2) is 12.7 Å². The van der Waals surface area contributed by atoms with E-state index in [-0.39, 0.29) is 40.1 Å². The number of carbonyl (C=O) groups excluding carboxylic acids is 1. The van der Waals surface area contributed by atoms with Gasteiger partial charge in [0.1, 0.15) is 0 Å². The van der Waals surface area contributed by atoms with Crippen molar-refractivity contribution in [3.63, 3.8) is 0 Å². The highest BCUT2D eigenvalue weighted by Gasteiger charge is 2.34. The van der Waals surface area contributed by atoms with Crippen molar-refractivity contribution in [3.05, 3.63) is 12.7 Å². The lowest BCUT2D eigenvalue weighted by Gasteiger charge is -2.35. The SMILES string of the molecule is Br.C=CC(=O)C(CC)C(CCCCCCCCCCCC)C(C)(C)N. The molecule has 3 heteroatoms. The van der Waals surface area contributed by atoms with Crippen LogP contribution in [0, 0.1) is 11.8 Å². The van der Waals surface area contributed by atoms with Crippen LogP contribution in [-0.4, -0.2) is 11.3 Å². The lowest BCUT2D eigenvalue weighted by atomic mass is 9.72. The molecule has 0 aromatic carbocycles. The van der Waals surface area contributed by atoms with Gasteiger partial charge in [0.15, 0.2) is 5.78 Å². The van der Waals surface area contributed by atoms with E-state index in [4.69, 9.17) is 5.73 Å². The molecule has 0 saturated heterocycles. The van der Waals surface area contributed by atoms with Crippen LogP contribution in [0.4, 0.5) is 0 Å². The molecule has 0 radical (unpaired) electrons. The summed E-state index contributed by atoms with van der Waals surface area (Å²) in [5.74, 6) is 0.441. The van der Waals surface area contributed by atoms with Gasteiger partial charge in [0.05, 0.1) is 0 Å². The van der Waals surface area contributed by atoms with Crippen LogP contribution in [0.3, 0.4) is 0 Å². The standard InChI is InChI=1S/C22H43NO.BrH/c1-6-9-10-11-12-13-14-15-16-17-18-20(22(4,5)23)19(7-2)21(24)8-3;/h8,19-20H,3,6-7,9-18,23H2,1-2,4-5H3;1H. The first-order valence-electron chi connectivity index (χ1n) is 10.3. The van der Waals surface area contributed by atoms with E-state index in [1.165, 1.54) is 70.3 Å². The third kappa shape index (κ3) is 12.8. The van der Waals surface area contributed by atoms with Gasteiger partial charge >= 0.3 is 0 Å².